The van der Waals surface area contributed by atoms with Crippen LogP contribution in [-0.2, 0) is 6.42 Å². The van der Waals surface area contributed by atoms with E-state index in [9.17, 15) is 0 Å². The molecular weight excluding hydrogens is 318 g/mol. The minimum Gasteiger partial charge on any atom is -0.481 e. The molecule has 0 aliphatic rings. The Morgan fingerprint density at radius 3 is 2.80 bits per heavy atom. The molecule has 0 amide bonds. The van der Waals surface area contributed by atoms with E-state index in [2.05, 4.69) is 50.3 Å². The molecule has 0 radical (unpaired) electrons. The molecule has 5 heteroatoms. The van der Waals surface area contributed by atoms with Crippen LogP contribution in [0.1, 0.15) is 24.2 Å². The molecule has 0 bridgehead atoms. The van der Waals surface area contributed by atoms with E-state index in [4.69, 9.17) is 4.74 Å². The molecule has 1 unspecified atom stereocenters. The third-order valence-electron chi connectivity index (χ3n) is 3.05. The molecular formula is C15H18BrN3O. The van der Waals surface area contributed by atoms with Gasteiger partial charge in [-0.25, -0.2) is 9.97 Å². The Balaban J connectivity index is 2.23. The quantitative estimate of drug-likeness (QED) is 0.880. The van der Waals surface area contributed by atoms with Gasteiger partial charge < -0.3 is 10.1 Å². The highest BCUT2D eigenvalue weighted by Gasteiger charge is 2.15. The van der Waals surface area contributed by atoms with E-state index in [-0.39, 0.29) is 6.04 Å². The maximum absolute atomic E-state index is 5.15. The second kappa shape index (κ2) is 7.36. The van der Waals surface area contributed by atoms with Crippen molar-refractivity contribution >= 4 is 15.9 Å². The van der Waals surface area contributed by atoms with Crippen molar-refractivity contribution in [2.45, 2.75) is 19.4 Å². The van der Waals surface area contributed by atoms with Gasteiger partial charge in [-0.15, -0.1) is 0 Å². The number of halogens is 1. The predicted octanol–water partition coefficient (Wildman–Crippen LogP) is 3.14. The van der Waals surface area contributed by atoms with Gasteiger partial charge in [0, 0.05) is 28.7 Å². The van der Waals surface area contributed by atoms with Gasteiger partial charge in [-0.2, -0.15) is 0 Å². The number of hydrogen-bond donors (Lipinski definition) is 1. The number of aromatic nitrogens is 2. The Morgan fingerprint density at radius 2 is 2.10 bits per heavy atom. The molecule has 2 aromatic rings. The SMILES string of the molecule is CCNC(Cc1cc(OC)ncn1)c1ccccc1Br. The van der Waals surface area contributed by atoms with Crippen molar-refractivity contribution in [3.8, 4) is 5.88 Å². The standard InChI is InChI=1S/C15H18BrN3O/c1-3-17-14(12-6-4-5-7-13(12)16)8-11-9-15(20-2)19-10-18-11/h4-7,9-10,14,17H,3,8H2,1-2H3. The highest BCUT2D eigenvalue weighted by molar-refractivity contribution is 9.10. The van der Waals surface area contributed by atoms with E-state index >= 15 is 0 Å². The molecule has 0 spiro atoms. The molecule has 4 nitrogen and oxygen atoms in total. The fourth-order valence-corrected chi connectivity index (χ4v) is 2.67. The van der Waals surface area contributed by atoms with E-state index in [1.54, 1.807) is 7.11 Å². The number of nitrogens with one attached hydrogen (secondary N) is 1. The fraction of sp³-hybridized carbons (Fsp3) is 0.333. The Morgan fingerprint density at radius 1 is 1.30 bits per heavy atom. The number of nitrogens with zero attached hydrogens (tertiary/aromatic N) is 2. The van der Waals surface area contributed by atoms with E-state index in [0.717, 1.165) is 23.1 Å². The lowest BCUT2D eigenvalue weighted by atomic mass is 10.0. The van der Waals surface area contributed by atoms with Crippen LogP contribution < -0.4 is 10.1 Å². The zero-order valence-electron chi connectivity index (χ0n) is 11.6. The highest BCUT2D eigenvalue weighted by atomic mass is 79.9. The van der Waals surface area contributed by atoms with Gasteiger partial charge in [0.2, 0.25) is 5.88 Å². The van der Waals surface area contributed by atoms with Crippen molar-refractivity contribution in [2.24, 2.45) is 0 Å². The number of rotatable bonds is 6. The summed E-state index contributed by atoms with van der Waals surface area (Å²) in [6, 6.07) is 10.3. The minimum atomic E-state index is 0.204. The zero-order valence-corrected chi connectivity index (χ0v) is 13.2. The van der Waals surface area contributed by atoms with Crippen molar-refractivity contribution in [3.63, 3.8) is 0 Å². The maximum Gasteiger partial charge on any atom is 0.216 e. The molecule has 1 N–H and O–H groups in total. The summed E-state index contributed by atoms with van der Waals surface area (Å²) in [6.45, 7) is 3.00. The second-order valence-electron chi connectivity index (χ2n) is 4.39. The molecule has 106 valence electrons. The molecule has 0 fully saturated rings. The van der Waals surface area contributed by atoms with E-state index < -0.39 is 0 Å². The molecule has 1 aromatic carbocycles. The fourth-order valence-electron chi connectivity index (χ4n) is 2.11. The van der Waals surface area contributed by atoms with Crippen LogP contribution in [0.15, 0.2) is 41.1 Å². The minimum absolute atomic E-state index is 0.204. The summed E-state index contributed by atoms with van der Waals surface area (Å²) < 4.78 is 6.25. The van der Waals surface area contributed by atoms with Gasteiger partial charge in [-0.1, -0.05) is 41.1 Å². The third kappa shape index (κ3) is 3.77. The van der Waals surface area contributed by atoms with Crippen molar-refractivity contribution in [1.29, 1.82) is 0 Å². The van der Waals surface area contributed by atoms with Crippen LogP contribution >= 0.6 is 15.9 Å². The van der Waals surface area contributed by atoms with Crippen LogP contribution in [-0.4, -0.2) is 23.6 Å². The molecule has 0 saturated heterocycles. The molecule has 1 aromatic heterocycles. The van der Waals surface area contributed by atoms with Crippen molar-refractivity contribution < 1.29 is 4.74 Å². The molecule has 0 aliphatic carbocycles. The topological polar surface area (TPSA) is 47.0 Å². The molecule has 20 heavy (non-hydrogen) atoms. The first-order chi connectivity index (χ1) is 9.74. The van der Waals surface area contributed by atoms with Crippen LogP contribution in [0.25, 0.3) is 0 Å². The number of hydrogen-bond acceptors (Lipinski definition) is 4. The van der Waals surface area contributed by atoms with Gasteiger partial charge in [0.15, 0.2) is 0 Å². The molecule has 2 rings (SSSR count). The number of methoxy groups -OCH3 is 1. The van der Waals surface area contributed by atoms with Crippen LogP contribution in [0.2, 0.25) is 0 Å². The van der Waals surface area contributed by atoms with Gasteiger partial charge in [0.05, 0.1) is 7.11 Å². The summed E-state index contributed by atoms with van der Waals surface area (Å²) in [5, 5.41) is 3.49. The average Bonchev–Trinajstić information content (AvgIpc) is 2.47. The normalized spacial score (nSPS) is 12.2. The Hall–Kier alpha value is -1.46. The number of ether oxygens (including phenoxy) is 1. The first kappa shape index (κ1) is 14.9. The molecule has 0 aliphatic heterocycles. The monoisotopic (exact) mass is 335 g/mol. The van der Waals surface area contributed by atoms with Crippen molar-refractivity contribution in [3.05, 3.63) is 52.4 Å². The van der Waals surface area contributed by atoms with Gasteiger partial charge in [-0.05, 0) is 18.2 Å². The smallest absolute Gasteiger partial charge is 0.216 e. The summed E-state index contributed by atoms with van der Waals surface area (Å²) in [7, 11) is 1.61. The van der Waals surface area contributed by atoms with Gasteiger partial charge in [0.1, 0.15) is 6.33 Å². The van der Waals surface area contributed by atoms with E-state index in [1.165, 1.54) is 11.9 Å². The van der Waals surface area contributed by atoms with Gasteiger partial charge in [-0.3, -0.25) is 0 Å². The predicted molar refractivity (Wildman–Crippen MR) is 82.8 cm³/mol. The highest BCUT2D eigenvalue weighted by Crippen LogP contribution is 2.26. The Labute approximate surface area is 127 Å². The van der Waals surface area contributed by atoms with Crippen molar-refractivity contribution in [1.82, 2.24) is 15.3 Å². The van der Waals surface area contributed by atoms with Gasteiger partial charge >= 0.3 is 0 Å². The van der Waals surface area contributed by atoms with Crippen molar-refractivity contribution in [2.75, 3.05) is 13.7 Å². The zero-order chi connectivity index (χ0) is 14.4. The molecule has 0 saturated carbocycles. The summed E-state index contributed by atoms with van der Waals surface area (Å²) in [5.41, 5.74) is 2.19. The molecule has 1 atom stereocenters. The first-order valence-electron chi connectivity index (χ1n) is 6.57. The summed E-state index contributed by atoms with van der Waals surface area (Å²) in [5.74, 6) is 0.595. The summed E-state index contributed by atoms with van der Waals surface area (Å²) in [4.78, 5) is 8.36. The third-order valence-corrected chi connectivity index (χ3v) is 3.77. The number of benzene rings is 1. The lowest BCUT2D eigenvalue weighted by Crippen LogP contribution is -2.23. The van der Waals surface area contributed by atoms with Crippen LogP contribution in [0, 0.1) is 0 Å². The lowest BCUT2D eigenvalue weighted by Gasteiger charge is -2.19. The Bertz CT molecular complexity index is 562. The first-order valence-corrected chi connectivity index (χ1v) is 7.36. The molecule has 1 heterocycles. The van der Waals surface area contributed by atoms with E-state index in [1.807, 2.05) is 18.2 Å². The maximum atomic E-state index is 5.15. The second-order valence-corrected chi connectivity index (χ2v) is 5.24. The largest absolute Gasteiger partial charge is 0.481 e. The Kier molecular flexibility index (Phi) is 5.49. The average molecular weight is 336 g/mol. The van der Waals surface area contributed by atoms with Crippen LogP contribution in [0.3, 0.4) is 0 Å². The number of likely N-dealkylation sites (N-methyl/N-ethyl adjacent to an activating group) is 1. The van der Waals surface area contributed by atoms with Crippen LogP contribution in [0.5, 0.6) is 5.88 Å². The summed E-state index contributed by atoms with van der Waals surface area (Å²) >= 11 is 3.61. The lowest BCUT2D eigenvalue weighted by molar-refractivity contribution is 0.395. The van der Waals surface area contributed by atoms with Crippen LogP contribution in [0.4, 0.5) is 0 Å². The summed E-state index contributed by atoms with van der Waals surface area (Å²) in [6.07, 6.45) is 2.33. The van der Waals surface area contributed by atoms with E-state index in [0.29, 0.717) is 5.88 Å². The van der Waals surface area contributed by atoms with Gasteiger partial charge in [0.25, 0.3) is 0 Å².